The van der Waals surface area contributed by atoms with Gasteiger partial charge < -0.3 is 31.8 Å². The highest BCUT2D eigenvalue weighted by atomic mass is 16.4. The fourth-order valence-corrected chi connectivity index (χ4v) is 2.75. The van der Waals surface area contributed by atoms with Crippen LogP contribution >= 0.6 is 0 Å². The van der Waals surface area contributed by atoms with Gasteiger partial charge in [-0.3, -0.25) is 14.4 Å². The third-order valence-electron chi connectivity index (χ3n) is 4.34. The lowest BCUT2D eigenvalue weighted by Crippen LogP contribution is -2.55. The van der Waals surface area contributed by atoms with Gasteiger partial charge in [0, 0.05) is 18.3 Å². The van der Waals surface area contributed by atoms with Gasteiger partial charge in [0.2, 0.25) is 17.7 Å². The van der Waals surface area contributed by atoms with Gasteiger partial charge in [-0.1, -0.05) is 27.7 Å². The highest BCUT2D eigenvalue weighted by Crippen LogP contribution is 2.06. The summed E-state index contributed by atoms with van der Waals surface area (Å²) < 4.78 is 0. The summed E-state index contributed by atoms with van der Waals surface area (Å²) in [7, 11) is 0. The molecule has 1 rings (SSSR count). The SMILES string of the molecule is CC(C)CC(N)C(=O)NC(C(=O)NCC(=O)NC(Cc1cnc[nH]1)C(=O)O)C(C)C. The smallest absolute Gasteiger partial charge is 0.326 e. The van der Waals surface area contributed by atoms with E-state index in [0.717, 1.165) is 0 Å². The number of nitrogens with zero attached hydrogens (tertiary/aromatic N) is 1. The van der Waals surface area contributed by atoms with Crippen molar-refractivity contribution in [1.82, 2.24) is 25.9 Å². The number of amides is 3. The van der Waals surface area contributed by atoms with Crippen molar-refractivity contribution in [3.63, 3.8) is 0 Å². The van der Waals surface area contributed by atoms with Crippen molar-refractivity contribution >= 4 is 23.7 Å². The zero-order valence-corrected chi connectivity index (χ0v) is 17.8. The van der Waals surface area contributed by atoms with Gasteiger partial charge in [0.25, 0.3) is 0 Å². The number of rotatable bonds is 12. The molecule has 11 heteroatoms. The first-order valence-corrected chi connectivity index (χ1v) is 9.84. The molecule has 3 amide bonds. The highest BCUT2D eigenvalue weighted by Gasteiger charge is 2.27. The Balaban J connectivity index is 2.60. The summed E-state index contributed by atoms with van der Waals surface area (Å²) in [5, 5.41) is 16.7. The monoisotopic (exact) mass is 424 g/mol. The van der Waals surface area contributed by atoms with Crippen LogP contribution in [0.3, 0.4) is 0 Å². The number of H-pyrrole nitrogens is 1. The lowest BCUT2D eigenvalue weighted by Gasteiger charge is -2.24. The fraction of sp³-hybridized carbons (Fsp3) is 0.632. The van der Waals surface area contributed by atoms with E-state index in [2.05, 4.69) is 25.9 Å². The first kappa shape index (κ1) is 25.1. The van der Waals surface area contributed by atoms with Crippen molar-refractivity contribution in [2.75, 3.05) is 6.54 Å². The molecule has 0 aliphatic rings. The van der Waals surface area contributed by atoms with Crippen molar-refractivity contribution in [3.05, 3.63) is 18.2 Å². The summed E-state index contributed by atoms with van der Waals surface area (Å²) in [6, 6.07) is -2.78. The number of aromatic nitrogens is 2. The van der Waals surface area contributed by atoms with Gasteiger partial charge in [0.05, 0.1) is 18.9 Å². The Bertz CT molecular complexity index is 719. The molecule has 0 fully saturated rings. The van der Waals surface area contributed by atoms with Crippen molar-refractivity contribution < 1.29 is 24.3 Å². The average Bonchev–Trinajstić information content (AvgIpc) is 3.15. The molecule has 1 heterocycles. The molecule has 1 aromatic rings. The molecule has 168 valence electrons. The van der Waals surface area contributed by atoms with E-state index in [9.17, 15) is 24.3 Å². The highest BCUT2D eigenvalue weighted by molar-refractivity contribution is 5.92. The Morgan fingerprint density at radius 1 is 1.13 bits per heavy atom. The molecular formula is C19H32N6O5. The van der Waals surface area contributed by atoms with Gasteiger partial charge in [-0.05, 0) is 18.3 Å². The molecule has 0 saturated heterocycles. The van der Waals surface area contributed by atoms with Crippen molar-refractivity contribution in [2.45, 2.75) is 58.7 Å². The Morgan fingerprint density at radius 2 is 1.80 bits per heavy atom. The van der Waals surface area contributed by atoms with Gasteiger partial charge in [0.15, 0.2) is 0 Å². The molecule has 0 radical (unpaired) electrons. The van der Waals surface area contributed by atoms with E-state index < -0.39 is 48.4 Å². The summed E-state index contributed by atoms with van der Waals surface area (Å²) >= 11 is 0. The second-order valence-corrected chi connectivity index (χ2v) is 7.92. The minimum atomic E-state index is -1.21. The van der Waals surface area contributed by atoms with E-state index in [1.165, 1.54) is 12.5 Å². The molecule has 3 unspecified atom stereocenters. The number of carboxylic acids is 1. The number of hydrogen-bond donors (Lipinski definition) is 6. The summed E-state index contributed by atoms with van der Waals surface area (Å²) in [5.41, 5.74) is 6.41. The van der Waals surface area contributed by atoms with E-state index in [4.69, 9.17) is 5.73 Å². The molecule has 11 nitrogen and oxygen atoms in total. The van der Waals surface area contributed by atoms with Crippen LogP contribution in [0.25, 0.3) is 0 Å². The van der Waals surface area contributed by atoms with Gasteiger partial charge in [-0.15, -0.1) is 0 Å². The lowest BCUT2D eigenvalue weighted by molar-refractivity contribution is -0.141. The number of nitrogens with one attached hydrogen (secondary N) is 4. The van der Waals surface area contributed by atoms with Crippen LogP contribution in [-0.4, -0.2) is 63.4 Å². The molecular weight excluding hydrogens is 392 g/mol. The van der Waals surface area contributed by atoms with Crippen LogP contribution in [0.2, 0.25) is 0 Å². The first-order valence-electron chi connectivity index (χ1n) is 9.84. The van der Waals surface area contributed by atoms with Crippen LogP contribution in [-0.2, 0) is 25.6 Å². The minimum Gasteiger partial charge on any atom is -0.480 e. The molecule has 30 heavy (non-hydrogen) atoms. The number of carboxylic acid groups (broad SMARTS) is 1. The molecule has 3 atom stereocenters. The number of carbonyl (C=O) groups is 4. The Kier molecular flexibility index (Phi) is 9.96. The van der Waals surface area contributed by atoms with Crippen molar-refractivity contribution in [3.8, 4) is 0 Å². The maximum absolute atomic E-state index is 12.5. The predicted octanol–water partition coefficient (Wildman–Crippen LogP) is -0.848. The number of aliphatic carboxylic acids is 1. The number of imidazole rings is 1. The molecule has 7 N–H and O–H groups in total. The molecule has 0 aliphatic carbocycles. The largest absolute Gasteiger partial charge is 0.480 e. The molecule has 0 aliphatic heterocycles. The van der Waals surface area contributed by atoms with E-state index >= 15 is 0 Å². The maximum atomic E-state index is 12.5. The van der Waals surface area contributed by atoms with Crippen LogP contribution in [0.4, 0.5) is 0 Å². The van der Waals surface area contributed by atoms with Crippen molar-refractivity contribution in [2.24, 2.45) is 17.6 Å². The zero-order valence-electron chi connectivity index (χ0n) is 17.8. The maximum Gasteiger partial charge on any atom is 0.326 e. The summed E-state index contributed by atoms with van der Waals surface area (Å²) in [5.74, 6) is -2.88. The first-order chi connectivity index (χ1) is 14.0. The molecule has 1 aromatic heterocycles. The molecule has 0 spiro atoms. The van der Waals surface area contributed by atoms with Crippen LogP contribution in [0, 0.1) is 11.8 Å². The Hall–Kier alpha value is -2.95. The summed E-state index contributed by atoms with van der Waals surface area (Å²) in [6.45, 7) is 6.96. The molecule has 0 saturated carbocycles. The zero-order chi connectivity index (χ0) is 22.8. The number of aromatic amines is 1. The summed E-state index contributed by atoms with van der Waals surface area (Å²) in [4.78, 5) is 54.7. The Morgan fingerprint density at radius 3 is 2.30 bits per heavy atom. The topological polar surface area (TPSA) is 179 Å². The van der Waals surface area contributed by atoms with Crippen molar-refractivity contribution in [1.29, 1.82) is 0 Å². The third-order valence-corrected chi connectivity index (χ3v) is 4.34. The normalized spacial score (nSPS) is 14.1. The predicted molar refractivity (Wildman–Crippen MR) is 109 cm³/mol. The molecule has 0 bridgehead atoms. The number of hydrogen-bond acceptors (Lipinski definition) is 6. The van der Waals surface area contributed by atoms with Crippen LogP contribution < -0.4 is 21.7 Å². The van der Waals surface area contributed by atoms with Gasteiger partial charge in [-0.25, -0.2) is 9.78 Å². The van der Waals surface area contributed by atoms with E-state index in [0.29, 0.717) is 12.1 Å². The Labute approximate surface area is 175 Å². The number of nitrogens with two attached hydrogens (primary N) is 1. The van der Waals surface area contributed by atoms with Crippen LogP contribution in [0.15, 0.2) is 12.5 Å². The van der Waals surface area contributed by atoms with E-state index in [1.54, 1.807) is 13.8 Å². The lowest BCUT2D eigenvalue weighted by atomic mass is 10.0. The van der Waals surface area contributed by atoms with E-state index in [-0.39, 0.29) is 18.3 Å². The third kappa shape index (κ3) is 8.60. The fourth-order valence-electron chi connectivity index (χ4n) is 2.75. The second-order valence-electron chi connectivity index (χ2n) is 7.92. The van der Waals surface area contributed by atoms with Crippen LogP contribution in [0.5, 0.6) is 0 Å². The number of carbonyl (C=O) groups excluding carboxylic acids is 3. The molecule has 0 aromatic carbocycles. The second kappa shape index (κ2) is 11.9. The van der Waals surface area contributed by atoms with Crippen LogP contribution in [0.1, 0.15) is 39.8 Å². The average molecular weight is 425 g/mol. The minimum absolute atomic E-state index is 0.0213. The van der Waals surface area contributed by atoms with E-state index in [1.807, 2.05) is 13.8 Å². The quantitative estimate of drug-likeness (QED) is 0.253. The van der Waals surface area contributed by atoms with Gasteiger partial charge in [-0.2, -0.15) is 0 Å². The standard InChI is InChI=1S/C19H32N6O5/c1-10(2)5-13(20)17(27)25-16(11(3)4)18(28)22-8-15(26)24-14(19(29)30)6-12-7-21-9-23-12/h7,9-11,13-14,16H,5-6,8,20H2,1-4H3,(H,21,23)(H,22,28)(H,24,26)(H,25,27)(H,29,30). The van der Waals surface area contributed by atoms with Gasteiger partial charge >= 0.3 is 5.97 Å². The summed E-state index contributed by atoms with van der Waals surface area (Å²) in [6.07, 6.45) is 3.37. The van der Waals surface area contributed by atoms with Gasteiger partial charge in [0.1, 0.15) is 12.1 Å².